The highest BCUT2D eigenvalue weighted by atomic mass is 32.2. The summed E-state index contributed by atoms with van der Waals surface area (Å²) in [7, 11) is -3.60. The second kappa shape index (κ2) is 7.25. The van der Waals surface area contributed by atoms with E-state index in [4.69, 9.17) is 0 Å². The van der Waals surface area contributed by atoms with Crippen LogP contribution in [0.1, 0.15) is 16.8 Å². The van der Waals surface area contributed by atoms with Crippen molar-refractivity contribution in [2.24, 2.45) is 0 Å². The van der Waals surface area contributed by atoms with E-state index in [1.165, 1.54) is 4.31 Å². The van der Waals surface area contributed by atoms with E-state index < -0.39 is 10.0 Å². The molecule has 4 nitrogen and oxygen atoms in total. The second-order valence-corrected chi connectivity index (χ2v) is 8.26. The lowest BCUT2D eigenvalue weighted by atomic mass is 10.2. The van der Waals surface area contributed by atoms with Gasteiger partial charge in [0.15, 0.2) is 0 Å². The van der Waals surface area contributed by atoms with E-state index in [9.17, 15) is 8.42 Å². The minimum Gasteiger partial charge on any atom is -0.260 e. The van der Waals surface area contributed by atoms with Gasteiger partial charge in [0.25, 0.3) is 0 Å². The van der Waals surface area contributed by atoms with Crippen molar-refractivity contribution >= 4 is 21.4 Å². The predicted molar refractivity (Wildman–Crippen MR) is 96.2 cm³/mol. The largest absolute Gasteiger partial charge is 0.260 e. The number of pyridine rings is 1. The van der Waals surface area contributed by atoms with Gasteiger partial charge in [0, 0.05) is 12.7 Å². The maximum absolute atomic E-state index is 13.1. The first-order chi connectivity index (χ1) is 11.6. The van der Waals surface area contributed by atoms with Gasteiger partial charge in [0.05, 0.1) is 17.1 Å². The Bertz CT molecular complexity index is 892. The van der Waals surface area contributed by atoms with Gasteiger partial charge in [-0.1, -0.05) is 18.2 Å². The molecule has 0 bridgehead atoms. The van der Waals surface area contributed by atoms with E-state index in [1.807, 2.05) is 48.0 Å². The first kappa shape index (κ1) is 16.8. The smallest absolute Gasteiger partial charge is 0.243 e. The summed E-state index contributed by atoms with van der Waals surface area (Å²) in [6.45, 7) is 2.46. The molecule has 0 saturated heterocycles. The average molecular weight is 358 g/mol. The maximum atomic E-state index is 13.1. The molecule has 0 aliphatic rings. The number of rotatable bonds is 6. The van der Waals surface area contributed by atoms with Crippen LogP contribution in [0, 0.1) is 6.92 Å². The van der Waals surface area contributed by atoms with E-state index in [1.54, 1.807) is 35.7 Å². The molecule has 124 valence electrons. The van der Waals surface area contributed by atoms with Crippen LogP contribution in [0.4, 0.5) is 0 Å². The lowest BCUT2D eigenvalue weighted by Crippen LogP contribution is -2.30. The van der Waals surface area contributed by atoms with Crippen LogP contribution in [-0.2, 0) is 23.1 Å². The van der Waals surface area contributed by atoms with Crippen LogP contribution in [0.15, 0.2) is 70.4 Å². The number of aryl methyl sites for hydroxylation is 1. The van der Waals surface area contributed by atoms with Gasteiger partial charge in [-0.05, 0) is 59.1 Å². The van der Waals surface area contributed by atoms with Crippen LogP contribution < -0.4 is 0 Å². The molecule has 1 aromatic carbocycles. The Morgan fingerprint density at radius 2 is 1.96 bits per heavy atom. The van der Waals surface area contributed by atoms with Crippen molar-refractivity contribution in [1.29, 1.82) is 0 Å². The molecule has 0 saturated carbocycles. The maximum Gasteiger partial charge on any atom is 0.243 e. The van der Waals surface area contributed by atoms with Crippen LogP contribution in [0.25, 0.3) is 0 Å². The average Bonchev–Trinajstić information content (AvgIpc) is 3.08. The quantitative estimate of drug-likeness (QED) is 0.673. The zero-order chi connectivity index (χ0) is 17.0. The number of nitrogens with zero attached hydrogens (tertiary/aromatic N) is 2. The Balaban J connectivity index is 1.96. The summed E-state index contributed by atoms with van der Waals surface area (Å²) in [4.78, 5) is 4.58. The Morgan fingerprint density at radius 1 is 1.08 bits per heavy atom. The molecule has 0 aliphatic heterocycles. The van der Waals surface area contributed by atoms with Crippen molar-refractivity contribution in [3.05, 3.63) is 82.3 Å². The Kier molecular flexibility index (Phi) is 5.08. The normalized spacial score (nSPS) is 11.8. The van der Waals surface area contributed by atoms with E-state index in [-0.39, 0.29) is 6.54 Å². The molecule has 3 rings (SSSR count). The molecule has 0 atom stereocenters. The molecular formula is C18H18N2O2S2. The van der Waals surface area contributed by atoms with Gasteiger partial charge >= 0.3 is 0 Å². The second-order valence-electron chi connectivity index (χ2n) is 5.54. The number of sulfonamides is 1. The first-order valence-corrected chi connectivity index (χ1v) is 9.92. The number of hydrogen-bond donors (Lipinski definition) is 0. The number of thiophene rings is 1. The minimum absolute atomic E-state index is 0.243. The van der Waals surface area contributed by atoms with E-state index >= 15 is 0 Å². The summed E-state index contributed by atoms with van der Waals surface area (Å²) in [6.07, 6.45) is 1.68. The number of benzene rings is 1. The van der Waals surface area contributed by atoms with Crippen molar-refractivity contribution in [1.82, 2.24) is 9.29 Å². The summed E-state index contributed by atoms with van der Waals surface area (Å²) in [5.74, 6) is 0. The molecule has 24 heavy (non-hydrogen) atoms. The van der Waals surface area contributed by atoms with Gasteiger partial charge in [-0.25, -0.2) is 8.42 Å². The zero-order valence-corrected chi connectivity index (χ0v) is 14.9. The van der Waals surface area contributed by atoms with Crippen LogP contribution in [0.3, 0.4) is 0 Å². The topological polar surface area (TPSA) is 50.3 Å². The van der Waals surface area contributed by atoms with E-state index in [0.29, 0.717) is 11.4 Å². The van der Waals surface area contributed by atoms with Crippen molar-refractivity contribution in [3.63, 3.8) is 0 Å². The van der Waals surface area contributed by atoms with Gasteiger partial charge in [0.2, 0.25) is 10.0 Å². The molecule has 2 aromatic heterocycles. The lowest BCUT2D eigenvalue weighted by Gasteiger charge is -2.22. The third-order valence-corrected chi connectivity index (χ3v) is 6.15. The van der Waals surface area contributed by atoms with Crippen LogP contribution >= 0.6 is 11.3 Å². The van der Waals surface area contributed by atoms with E-state index in [0.717, 1.165) is 16.8 Å². The summed E-state index contributed by atoms with van der Waals surface area (Å²) in [5.41, 5.74) is 2.63. The van der Waals surface area contributed by atoms with Gasteiger partial charge in [-0.2, -0.15) is 15.6 Å². The molecule has 0 fully saturated rings. The molecule has 0 N–H and O–H groups in total. The SMILES string of the molecule is Cc1cccc(S(=O)(=O)N(Cc2ccsc2)Cc2ccccn2)c1. The molecule has 0 aliphatic carbocycles. The first-order valence-electron chi connectivity index (χ1n) is 7.53. The Morgan fingerprint density at radius 3 is 2.62 bits per heavy atom. The molecule has 6 heteroatoms. The highest BCUT2D eigenvalue weighted by Gasteiger charge is 2.25. The van der Waals surface area contributed by atoms with Gasteiger partial charge in [-0.3, -0.25) is 4.98 Å². The van der Waals surface area contributed by atoms with Crippen molar-refractivity contribution in [2.75, 3.05) is 0 Å². The number of hydrogen-bond acceptors (Lipinski definition) is 4. The molecule has 2 heterocycles. The Hall–Kier alpha value is -2.02. The summed E-state index contributed by atoms with van der Waals surface area (Å²) in [6, 6.07) is 14.5. The minimum atomic E-state index is -3.60. The monoisotopic (exact) mass is 358 g/mol. The van der Waals surface area contributed by atoms with Crippen molar-refractivity contribution in [3.8, 4) is 0 Å². The van der Waals surface area contributed by atoms with Crippen molar-refractivity contribution < 1.29 is 8.42 Å². The fourth-order valence-electron chi connectivity index (χ4n) is 2.41. The third kappa shape index (κ3) is 3.90. The lowest BCUT2D eigenvalue weighted by molar-refractivity contribution is 0.397. The molecule has 0 amide bonds. The molecule has 3 aromatic rings. The summed E-state index contributed by atoms with van der Waals surface area (Å²) >= 11 is 1.56. The third-order valence-electron chi connectivity index (χ3n) is 3.63. The fraction of sp³-hybridized carbons (Fsp3) is 0.167. The number of aromatic nitrogens is 1. The highest BCUT2D eigenvalue weighted by molar-refractivity contribution is 7.89. The molecule has 0 spiro atoms. The van der Waals surface area contributed by atoms with Crippen LogP contribution in [-0.4, -0.2) is 17.7 Å². The molecular weight excluding hydrogens is 340 g/mol. The van der Waals surface area contributed by atoms with Crippen LogP contribution in [0.5, 0.6) is 0 Å². The van der Waals surface area contributed by atoms with E-state index in [2.05, 4.69) is 4.98 Å². The van der Waals surface area contributed by atoms with Crippen molar-refractivity contribution in [2.45, 2.75) is 24.9 Å². The molecule has 0 radical (unpaired) electrons. The summed E-state index contributed by atoms with van der Waals surface area (Å²) in [5, 5.41) is 3.92. The Labute approximate surface area is 146 Å². The predicted octanol–water partition coefficient (Wildman–Crippen LogP) is 3.84. The standard InChI is InChI=1S/C18H18N2O2S2/c1-15-5-4-7-18(11-15)24(21,22)20(12-16-8-10-23-14-16)13-17-6-2-3-9-19-17/h2-11,14H,12-13H2,1H3. The molecule has 0 unspecified atom stereocenters. The highest BCUT2D eigenvalue weighted by Crippen LogP contribution is 2.22. The van der Waals surface area contributed by atoms with Crippen LogP contribution in [0.2, 0.25) is 0 Å². The van der Waals surface area contributed by atoms with Gasteiger partial charge in [0.1, 0.15) is 0 Å². The fourth-order valence-corrected chi connectivity index (χ4v) is 4.57. The summed E-state index contributed by atoms with van der Waals surface area (Å²) < 4.78 is 27.7. The van der Waals surface area contributed by atoms with Gasteiger partial charge < -0.3 is 0 Å². The van der Waals surface area contributed by atoms with Gasteiger partial charge in [-0.15, -0.1) is 0 Å². The zero-order valence-electron chi connectivity index (χ0n) is 13.3.